The van der Waals surface area contributed by atoms with Crippen LogP contribution in [0, 0.1) is 10.1 Å². The molecule has 2 aromatic rings. The van der Waals surface area contributed by atoms with Crippen molar-refractivity contribution in [3.05, 3.63) is 70.0 Å². The van der Waals surface area contributed by atoms with Crippen molar-refractivity contribution in [1.82, 2.24) is 4.98 Å². The SMILES string of the molecule is C/C(=N\N=C(/[O-])c1ccc([N+](=O)[O-])cc1)c1ccccn1.[Cl][Cu+]. The topological polar surface area (TPSA) is 104 Å². The van der Waals surface area contributed by atoms with Crippen molar-refractivity contribution in [2.75, 3.05) is 0 Å². The van der Waals surface area contributed by atoms with Crippen LogP contribution < -0.4 is 5.11 Å². The van der Waals surface area contributed by atoms with Crippen molar-refractivity contribution >= 4 is 27.4 Å². The van der Waals surface area contributed by atoms with Crippen LogP contribution in [0.15, 0.2) is 58.9 Å². The minimum absolute atomic E-state index is 0.0836. The van der Waals surface area contributed by atoms with Gasteiger partial charge in [0.25, 0.3) is 5.69 Å². The molecule has 0 atom stereocenters. The number of halogens is 1. The van der Waals surface area contributed by atoms with E-state index < -0.39 is 10.8 Å². The van der Waals surface area contributed by atoms with Gasteiger partial charge in [-0.1, -0.05) is 6.07 Å². The van der Waals surface area contributed by atoms with E-state index in [-0.39, 0.29) is 11.3 Å². The van der Waals surface area contributed by atoms with Crippen LogP contribution in [0.5, 0.6) is 0 Å². The Labute approximate surface area is 144 Å². The summed E-state index contributed by atoms with van der Waals surface area (Å²) in [5, 5.41) is 29.7. The Morgan fingerprint density at radius 3 is 2.35 bits per heavy atom. The molecule has 1 aromatic heterocycles. The first kappa shape index (κ1) is 18.8. The van der Waals surface area contributed by atoms with Gasteiger partial charge in [-0.15, -0.1) is 0 Å². The summed E-state index contributed by atoms with van der Waals surface area (Å²) >= 11 is 3.66. The summed E-state index contributed by atoms with van der Waals surface area (Å²) in [5.41, 5.74) is 1.28. The molecule has 0 radical (unpaired) electrons. The van der Waals surface area contributed by atoms with Crippen molar-refractivity contribution in [3.8, 4) is 0 Å². The van der Waals surface area contributed by atoms with Gasteiger partial charge in [0, 0.05) is 24.2 Å². The van der Waals surface area contributed by atoms with E-state index in [1.807, 2.05) is 0 Å². The average molecular weight is 382 g/mol. The standard InChI is InChI=1S/C14H12N4O3.ClH.Cu/c1-10(13-4-2-3-9-15-13)16-17-14(19)11-5-7-12(8-6-11)18(20)21;;/h2-9H,1H3,(H,17,19);1H;/q;;+2/p-2/b16-10+;;. The Bertz CT molecular complexity index is 706. The predicted molar refractivity (Wildman–Crippen MR) is 81.9 cm³/mol. The van der Waals surface area contributed by atoms with Crippen molar-refractivity contribution in [3.63, 3.8) is 0 Å². The van der Waals surface area contributed by atoms with Crippen molar-refractivity contribution in [1.29, 1.82) is 0 Å². The van der Waals surface area contributed by atoms with E-state index in [0.29, 0.717) is 11.4 Å². The van der Waals surface area contributed by atoms with Crippen molar-refractivity contribution in [2.24, 2.45) is 10.2 Å². The van der Waals surface area contributed by atoms with Gasteiger partial charge in [-0.3, -0.25) is 15.1 Å². The zero-order valence-corrected chi connectivity index (χ0v) is 13.5. The third-order valence-corrected chi connectivity index (χ3v) is 2.65. The van der Waals surface area contributed by atoms with Gasteiger partial charge >= 0.3 is 25.2 Å². The molecule has 0 aliphatic carbocycles. The van der Waals surface area contributed by atoms with E-state index in [1.54, 1.807) is 31.3 Å². The number of rotatable bonds is 4. The molecule has 0 aliphatic rings. The van der Waals surface area contributed by atoms with Crippen molar-refractivity contribution < 1.29 is 25.1 Å². The van der Waals surface area contributed by atoms with Gasteiger partial charge < -0.3 is 5.11 Å². The van der Waals surface area contributed by atoms with E-state index in [2.05, 4.69) is 40.4 Å². The molecule has 0 saturated carbocycles. The first-order valence-corrected chi connectivity index (χ1v) is 7.44. The number of nitrogens with zero attached hydrogens (tertiary/aromatic N) is 4. The third-order valence-electron chi connectivity index (χ3n) is 2.65. The summed E-state index contributed by atoms with van der Waals surface area (Å²) in [6.07, 6.45) is 1.62. The van der Waals surface area contributed by atoms with Gasteiger partial charge in [-0.25, -0.2) is 0 Å². The summed E-state index contributed by atoms with van der Waals surface area (Å²) in [4.78, 5) is 14.1. The summed E-state index contributed by atoms with van der Waals surface area (Å²) in [5.74, 6) is -0.569. The van der Waals surface area contributed by atoms with Gasteiger partial charge in [0.2, 0.25) is 0 Å². The second-order valence-corrected chi connectivity index (χ2v) is 4.11. The minimum atomic E-state index is -0.569. The monoisotopic (exact) mass is 381 g/mol. The number of benzene rings is 1. The molecule has 0 fully saturated rings. The molecule has 0 unspecified atom stereocenters. The van der Waals surface area contributed by atoms with E-state index in [9.17, 15) is 15.2 Å². The fourth-order valence-corrected chi connectivity index (χ4v) is 1.53. The molecular weight excluding hydrogens is 371 g/mol. The molecule has 0 spiro atoms. The zero-order valence-electron chi connectivity index (χ0n) is 11.8. The van der Waals surface area contributed by atoms with Crippen LogP contribution in [0.3, 0.4) is 0 Å². The Balaban J connectivity index is 0.00000127. The van der Waals surface area contributed by atoms with E-state index in [0.717, 1.165) is 0 Å². The second-order valence-electron chi connectivity index (χ2n) is 4.11. The number of pyridine rings is 1. The Morgan fingerprint density at radius 2 is 1.83 bits per heavy atom. The van der Waals surface area contributed by atoms with Gasteiger partial charge in [0.05, 0.1) is 16.3 Å². The Morgan fingerprint density at radius 1 is 1.17 bits per heavy atom. The van der Waals surface area contributed by atoms with Crippen LogP contribution in [0.25, 0.3) is 0 Å². The molecule has 0 amide bonds. The molecule has 23 heavy (non-hydrogen) atoms. The van der Waals surface area contributed by atoms with E-state index in [1.165, 1.54) is 24.3 Å². The van der Waals surface area contributed by atoms with Crippen LogP contribution in [0.2, 0.25) is 0 Å². The molecule has 1 heterocycles. The Hall–Kier alpha value is -2.28. The molecule has 0 bridgehead atoms. The van der Waals surface area contributed by atoms with Crippen LogP contribution >= 0.6 is 10.1 Å². The molecular formula is C14H11ClCuN4O3. The quantitative estimate of drug-likeness (QED) is 0.266. The summed E-state index contributed by atoms with van der Waals surface area (Å²) < 4.78 is 0. The fourth-order valence-electron chi connectivity index (χ4n) is 1.53. The fraction of sp³-hybridized carbons (Fsp3) is 0.0714. The predicted octanol–water partition coefficient (Wildman–Crippen LogP) is 2.21. The first-order valence-electron chi connectivity index (χ1n) is 6.15. The molecule has 0 aliphatic heterocycles. The maximum absolute atomic E-state index is 11.8. The molecule has 7 nitrogen and oxygen atoms in total. The van der Waals surface area contributed by atoms with Gasteiger partial charge in [-0.2, -0.15) is 10.2 Å². The number of nitro benzene ring substituents is 1. The number of hydrogen-bond donors (Lipinski definition) is 0. The van der Waals surface area contributed by atoms with Crippen LogP contribution in [-0.2, 0) is 15.1 Å². The average Bonchev–Trinajstić information content (AvgIpc) is 2.62. The van der Waals surface area contributed by atoms with Gasteiger partial charge in [0.1, 0.15) is 0 Å². The number of aromatic nitrogens is 1. The van der Waals surface area contributed by atoms with Crippen LogP contribution in [0.4, 0.5) is 5.69 Å². The number of hydrogen-bond acceptors (Lipinski definition) is 6. The molecule has 2 rings (SSSR count). The number of nitro groups is 1. The zero-order chi connectivity index (χ0) is 17.2. The summed E-state index contributed by atoms with van der Waals surface area (Å²) in [7, 11) is 4.20. The third kappa shape index (κ3) is 5.78. The van der Waals surface area contributed by atoms with Gasteiger partial charge in [-0.05, 0) is 36.8 Å². The molecule has 123 valence electrons. The van der Waals surface area contributed by atoms with E-state index in [4.69, 9.17) is 0 Å². The Kier molecular flexibility index (Phi) is 7.90. The molecule has 0 saturated heterocycles. The normalized spacial score (nSPS) is 11.5. The second kappa shape index (κ2) is 9.68. The molecule has 0 N–H and O–H groups in total. The van der Waals surface area contributed by atoms with E-state index >= 15 is 0 Å². The molecule has 1 aromatic carbocycles. The first-order chi connectivity index (χ1) is 11.1. The summed E-state index contributed by atoms with van der Waals surface area (Å²) in [6, 6.07) is 10.5. The maximum atomic E-state index is 11.8. The van der Waals surface area contributed by atoms with Crippen LogP contribution in [-0.4, -0.2) is 21.5 Å². The summed E-state index contributed by atoms with van der Waals surface area (Å²) in [6.45, 7) is 1.69. The molecule has 9 heteroatoms. The van der Waals surface area contributed by atoms with Crippen molar-refractivity contribution in [2.45, 2.75) is 6.92 Å². The van der Waals surface area contributed by atoms with Gasteiger partial charge in [0.15, 0.2) is 0 Å². The number of non-ortho nitro benzene ring substituents is 1. The van der Waals surface area contributed by atoms with Crippen LogP contribution in [0.1, 0.15) is 18.2 Å².